The van der Waals surface area contributed by atoms with Crippen LogP contribution in [-0.2, 0) is 32.2 Å². The number of aromatic nitrogens is 2. The molecule has 0 radical (unpaired) electrons. The van der Waals surface area contributed by atoms with Crippen LogP contribution in [0.3, 0.4) is 0 Å². The van der Waals surface area contributed by atoms with Crippen LogP contribution in [0.5, 0.6) is 0 Å². The van der Waals surface area contributed by atoms with Crippen LogP contribution >= 0.6 is 0 Å². The van der Waals surface area contributed by atoms with Crippen LogP contribution in [0.2, 0.25) is 0 Å². The number of carbonyl (C=O) groups excluding carboxylic acids is 2. The van der Waals surface area contributed by atoms with E-state index in [9.17, 15) is 9.59 Å². The lowest BCUT2D eigenvalue weighted by Crippen LogP contribution is -2.35. The highest BCUT2D eigenvalue weighted by Crippen LogP contribution is 2.35. The summed E-state index contributed by atoms with van der Waals surface area (Å²) in [7, 11) is 2.92. The Morgan fingerprint density at radius 2 is 2.08 bits per heavy atom. The number of nitrogens with zero attached hydrogens (tertiary/aromatic N) is 2. The first kappa shape index (κ1) is 16.2. The predicted molar refractivity (Wildman–Crippen MR) is 87.1 cm³/mol. The first-order valence-electron chi connectivity index (χ1n) is 7.65. The average molecular weight is 329 g/mol. The molecule has 0 bridgehead atoms. The van der Waals surface area contributed by atoms with Gasteiger partial charge in [0.2, 0.25) is 5.91 Å². The molecule has 1 N–H and O–H groups in total. The molecule has 126 valence electrons. The molecular weight excluding hydrogens is 310 g/mol. The molecule has 0 unspecified atom stereocenters. The Bertz CT molecular complexity index is 755. The summed E-state index contributed by atoms with van der Waals surface area (Å²) in [6.45, 7) is 0.668. The quantitative estimate of drug-likeness (QED) is 0.846. The summed E-state index contributed by atoms with van der Waals surface area (Å²) in [6.07, 6.45) is 0.0297. The third-order valence-corrected chi connectivity index (χ3v) is 4.01. The normalized spacial score (nSPS) is 16.4. The number of fused-ring (bicyclic) bond motifs is 1. The third-order valence-electron chi connectivity index (χ3n) is 4.01. The van der Waals surface area contributed by atoms with E-state index in [4.69, 9.17) is 4.74 Å². The maximum Gasteiger partial charge on any atom is 0.306 e. The summed E-state index contributed by atoms with van der Waals surface area (Å²) in [5.41, 5.74) is 2.55. The molecule has 0 aliphatic carbocycles. The fraction of sp³-hybridized carbons (Fsp3) is 0.353. The number of anilines is 1. The van der Waals surface area contributed by atoms with Crippen LogP contribution in [0.25, 0.3) is 11.1 Å². The molecule has 0 spiro atoms. The molecule has 1 atom stereocenters. The highest BCUT2D eigenvalue weighted by atomic mass is 16.5. The number of carbonyl (C=O) groups is 2. The molecule has 1 aromatic carbocycles. The van der Waals surface area contributed by atoms with Gasteiger partial charge in [-0.15, -0.1) is 0 Å². The van der Waals surface area contributed by atoms with E-state index in [1.54, 1.807) is 11.8 Å². The Morgan fingerprint density at radius 3 is 2.75 bits per heavy atom. The number of hydrogen-bond donors (Lipinski definition) is 1. The third kappa shape index (κ3) is 3.03. The molecule has 2 heterocycles. The first-order valence-corrected chi connectivity index (χ1v) is 7.65. The van der Waals surface area contributed by atoms with E-state index < -0.39 is 11.9 Å². The molecule has 1 aliphatic heterocycles. The molecule has 1 amide bonds. The molecule has 7 nitrogen and oxygen atoms in total. The molecular formula is C17H19N3O4. The lowest BCUT2D eigenvalue weighted by molar-refractivity contribution is -0.143. The maximum atomic E-state index is 12.4. The molecule has 7 heteroatoms. The van der Waals surface area contributed by atoms with Gasteiger partial charge in [-0.1, -0.05) is 30.3 Å². The number of rotatable bonds is 5. The summed E-state index contributed by atoms with van der Waals surface area (Å²) in [4.78, 5) is 23.8. The van der Waals surface area contributed by atoms with Crippen molar-refractivity contribution < 1.29 is 19.1 Å². The zero-order chi connectivity index (χ0) is 17.1. The van der Waals surface area contributed by atoms with E-state index in [0.717, 1.165) is 16.8 Å². The van der Waals surface area contributed by atoms with Crippen molar-refractivity contribution in [2.24, 2.45) is 5.92 Å². The number of ether oxygens (including phenoxy) is 2. The van der Waals surface area contributed by atoms with Crippen molar-refractivity contribution in [3.63, 3.8) is 0 Å². The van der Waals surface area contributed by atoms with Crippen LogP contribution in [0.4, 0.5) is 5.82 Å². The molecule has 1 aromatic heterocycles. The lowest BCUT2D eigenvalue weighted by Gasteiger charge is -2.23. The number of hydrogen-bond acceptors (Lipinski definition) is 5. The Morgan fingerprint density at radius 1 is 1.33 bits per heavy atom. The summed E-state index contributed by atoms with van der Waals surface area (Å²) >= 11 is 0. The SMILES string of the molecule is COCc1nn2c(c1-c1ccccc1)NC(=O)[C@@H](CC(=O)OC)C2. The summed E-state index contributed by atoms with van der Waals surface area (Å²) in [5.74, 6) is -0.469. The molecule has 0 saturated carbocycles. The van der Waals surface area contributed by atoms with Crippen molar-refractivity contribution >= 4 is 17.7 Å². The molecule has 0 fully saturated rings. The van der Waals surface area contributed by atoms with Crippen molar-refractivity contribution in [3.05, 3.63) is 36.0 Å². The highest BCUT2D eigenvalue weighted by Gasteiger charge is 2.32. The van der Waals surface area contributed by atoms with Gasteiger partial charge in [-0.25, -0.2) is 4.68 Å². The Labute approximate surface area is 139 Å². The largest absolute Gasteiger partial charge is 0.469 e. The standard InChI is InChI=1S/C17H19N3O4/c1-23-10-13-15(11-6-4-3-5-7-11)16-18-17(22)12(8-14(21)24-2)9-20(16)19-13/h3-7,12H,8-10H2,1-2H3,(H,18,22)/t12-/m0/s1. The van der Waals surface area contributed by atoms with E-state index in [0.29, 0.717) is 19.0 Å². The second kappa shape index (κ2) is 6.84. The zero-order valence-electron chi connectivity index (χ0n) is 13.6. The van der Waals surface area contributed by atoms with Crippen molar-refractivity contribution in [1.29, 1.82) is 0 Å². The Hall–Kier alpha value is -2.67. The summed E-state index contributed by atoms with van der Waals surface area (Å²) < 4.78 is 11.6. The number of amides is 1. The van der Waals surface area contributed by atoms with Crippen molar-refractivity contribution in [2.75, 3.05) is 19.5 Å². The van der Waals surface area contributed by atoms with Crippen molar-refractivity contribution in [2.45, 2.75) is 19.6 Å². The van der Waals surface area contributed by atoms with Gasteiger partial charge in [-0.05, 0) is 5.56 Å². The molecule has 2 aromatic rings. The smallest absolute Gasteiger partial charge is 0.306 e. The minimum atomic E-state index is -0.496. The van der Waals surface area contributed by atoms with E-state index in [1.807, 2.05) is 30.3 Å². The van der Waals surface area contributed by atoms with Gasteiger partial charge in [0.25, 0.3) is 0 Å². The van der Waals surface area contributed by atoms with E-state index in [-0.39, 0.29) is 12.3 Å². The van der Waals surface area contributed by atoms with Crippen molar-refractivity contribution in [1.82, 2.24) is 9.78 Å². The van der Waals surface area contributed by atoms with Crippen LogP contribution in [-0.4, -0.2) is 35.9 Å². The lowest BCUT2D eigenvalue weighted by atomic mass is 10.0. The van der Waals surface area contributed by atoms with Crippen LogP contribution in [0, 0.1) is 5.92 Å². The Kier molecular flexibility index (Phi) is 4.61. The minimum absolute atomic E-state index is 0.0297. The fourth-order valence-electron chi connectivity index (χ4n) is 2.87. The second-order valence-corrected chi connectivity index (χ2v) is 5.62. The Balaban J connectivity index is 1.99. The average Bonchev–Trinajstić information content (AvgIpc) is 2.93. The maximum absolute atomic E-state index is 12.4. The van der Waals surface area contributed by atoms with Gasteiger partial charge in [0.15, 0.2) is 0 Å². The number of methoxy groups -OCH3 is 2. The van der Waals surface area contributed by atoms with E-state index in [2.05, 4.69) is 15.2 Å². The van der Waals surface area contributed by atoms with Gasteiger partial charge >= 0.3 is 5.97 Å². The number of benzene rings is 1. The number of nitrogens with one attached hydrogen (secondary N) is 1. The highest BCUT2D eigenvalue weighted by molar-refractivity contribution is 5.98. The van der Waals surface area contributed by atoms with Crippen LogP contribution in [0.1, 0.15) is 12.1 Å². The van der Waals surface area contributed by atoms with Gasteiger partial charge in [-0.2, -0.15) is 5.10 Å². The molecule has 3 rings (SSSR count). The summed E-state index contributed by atoms with van der Waals surface area (Å²) in [5, 5.41) is 7.44. The minimum Gasteiger partial charge on any atom is -0.469 e. The van der Waals surface area contributed by atoms with E-state index in [1.165, 1.54) is 7.11 Å². The van der Waals surface area contributed by atoms with Crippen molar-refractivity contribution in [3.8, 4) is 11.1 Å². The van der Waals surface area contributed by atoms with Gasteiger partial charge in [0, 0.05) is 12.7 Å². The van der Waals surface area contributed by atoms with Crippen LogP contribution in [0.15, 0.2) is 30.3 Å². The monoisotopic (exact) mass is 329 g/mol. The van der Waals surface area contributed by atoms with E-state index >= 15 is 0 Å². The first-order chi connectivity index (χ1) is 11.6. The van der Waals surface area contributed by atoms with Crippen LogP contribution < -0.4 is 5.32 Å². The predicted octanol–water partition coefficient (Wildman–Crippen LogP) is 1.83. The van der Waals surface area contributed by atoms with Gasteiger partial charge in [-0.3, -0.25) is 9.59 Å². The number of esters is 1. The summed E-state index contributed by atoms with van der Waals surface area (Å²) in [6, 6.07) is 9.72. The topological polar surface area (TPSA) is 82.5 Å². The van der Waals surface area contributed by atoms with Gasteiger partial charge in [0.05, 0.1) is 38.3 Å². The fourth-order valence-corrected chi connectivity index (χ4v) is 2.87. The van der Waals surface area contributed by atoms with Gasteiger partial charge < -0.3 is 14.8 Å². The van der Waals surface area contributed by atoms with Gasteiger partial charge in [0.1, 0.15) is 5.82 Å². The molecule has 1 aliphatic rings. The second-order valence-electron chi connectivity index (χ2n) is 5.62. The molecule has 24 heavy (non-hydrogen) atoms. The molecule has 0 saturated heterocycles. The zero-order valence-corrected chi connectivity index (χ0v) is 13.6.